The van der Waals surface area contributed by atoms with Crippen molar-refractivity contribution in [2.24, 2.45) is 0 Å². The number of rotatable bonds is 5. The van der Waals surface area contributed by atoms with Crippen molar-refractivity contribution < 1.29 is 17.9 Å². The minimum absolute atomic E-state index is 0.127. The monoisotopic (exact) mass is 416 g/mol. The lowest BCUT2D eigenvalue weighted by molar-refractivity contribution is -0.139. The summed E-state index contributed by atoms with van der Waals surface area (Å²) in [6, 6.07) is 12.7. The molecule has 0 bridgehead atoms. The maximum Gasteiger partial charge on any atom is 0.263 e. The van der Waals surface area contributed by atoms with Crippen molar-refractivity contribution in [2.45, 2.75) is 38.7 Å². The van der Waals surface area contributed by atoms with Crippen molar-refractivity contribution in [3.8, 4) is 5.75 Å². The standard InChI is InChI=1S/C22H28N2O4S/c1-16-5-8-20(9-6-16)29(26,27)24-13-11-23(12-14-24)22(25)19(4)28-21-10-7-17(2)15-18(21)3/h5-10,15,19H,11-14H2,1-4H3/t19-/m1/s1. The molecular formula is C22H28N2O4S. The van der Waals surface area contributed by atoms with Gasteiger partial charge in [-0.1, -0.05) is 35.4 Å². The highest BCUT2D eigenvalue weighted by atomic mass is 32.2. The molecule has 0 radical (unpaired) electrons. The third-order valence-electron chi connectivity index (χ3n) is 5.19. The molecule has 1 atom stereocenters. The Morgan fingerprint density at radius 1 is 0.931 bits per heavy atom. The molecule has 0 N–H and O–H groups in total. The van der Waals surface area contributed by atoms with E-state index in [1.54, 1.807) is 36.1 Å². The minimum Gasteiger partial charge on any atom is -0.481 e. The van der Waals surface area contributed by atoms with E-state index in [2.05, 4.69) is 0 Å². The van der Waals surface area contributed by atoms with Gasteiger partial charge < -0.3 is 9.64 Å². The Balaban J connectivity index is 1.60. The van der Waals surface area contributed by atoms with E-state index in [9.17, 15) is 13.2 Å². The van der Waals surface area contributed by atoms with Crippen LogP contribution in [0.1, 0.15) is 23.6 Å². The Labute approximate surface area is 173 Å². The lowest BCUT2D eigenvalue weighted by atomic mass is 10.1. The molecular weight excluding hydrogens is 388 g/mol. The van der Waals surface area contributed by atoms with Gasteiger partial charge in [-0.25, -0.2) is 8.42 Å². The average molecular weight is 417 g/mol. The molecule has 0 saturated carbocycles. The molecule has 3 rings (SSSR count). The first-order chi connectivity index (χ1) is 13.7. The maximum absolute atomic E-state index is 12.8. The van der Waals surface area contributed by atoms with Crippen LogP contribution in [-0.2, 0) is 14.8 Å². The quantitative estimate of drug-likeness (QED) is 0.752. The Bertz CT molecular complexity index is 978. The van der Waals surface area contributed by atoms with Crippen LogP contribution in [0.15, 0.2) is 47.4 Å². The maximum atomic E-state index is 12.8. The van der Waals surface area contributed by atoms with Gasteiger partial charge >= 0.3 is 0 Å². The van der Waals surface area contributed by atoms with E-state index in [1.165, 1.54) is 4.31 Å². The Morgan fingerprint density at radius 2 is 1.52 bits per heavy atom. The molecule has 1 aliphatic heterocycles. The lowest BCUT2D eigenvalue weighted by Gasteiger charge is -2.35. The molecule has 0 unspecified atom stereocenters. The molecule has 1 amide bonds. The summed E-state index contributed by atoms with van der Waals surface area (Å²) in [6.07, 6.45) is -0.628. The molecule has 2 aromatic carbocycles. The molecule has 29 heavy (non-hydrogen) atoms. The highest BCUT2D eigenvalue weighted by Gasteiger charge is 2.32. The number of amides is 1. The van der Waals surface area contributed by atoms with Crippen LogP contribution in [0.3, 0.4) is 0 Å². The van der Waals surface area contributed by atoms with Gasteiger partial charge in [-0.05, 0) is 51.5 Å². The summed E-state index contributed by atoms with van der Waals surface area (Å²) < 4.78 is 32.9. The lowest BCUT2D eigenvalue weighted by Crippen LogP contribution is -2.53. The molecule has 0 spiro atoms. The highest BCUT2D eigenvalue weighted by molar-refractivity contribution is 7.89. The van der Waals surface area contributed by atoms with Gasteiger partial charge in [-0.2, -0.15) is 4.31 Å². The second-order valence-electron chi connectivity index (χ2n) is 7.57. The molecule has 156 valence electrons. The van der Waals surface area contributed by atoms with Crippen LogP contribution in [0, 0.1) is 20.8 Å². The van der Waals surface area contributed by atoms with Crippen molar-refractivity contribution in [2.75, 3.05) is 26.2 Å². The van der Waals surface area contributed by atoms with Gasteiger partial charge in [0.05, 0.1) is 4.90 Å². The number of piperazine rings is 1. The number of carbonyl (C=O) groups excluding carboxylic acids is 1. The van der Waals surface area contributed by atoms with Crippen LogP contribution in [0.2, 0.25) is 0 Å². The van der Waals surface area contributed by atoms with Crippen LogP contribution in [-0.4, -0.2) is 55.8 Å². The normalized spacial score (nSPS) is 16.5. The summed E-state index contributed by atoms with van der Waals surface area (Å²) in [7, 11) is -3.54. The Kier molecular flexibility index (Phi) is 6.29. The number of ether oxygens (including phenoxy) is 1. The van der Waals surface area contributed by atoms with Gasteiger partial charge in [0.25, 0.3) is 5.91 Å². The zero-order valence-corrected chi connectivity index (χ0v) is 18.2. The zero-order chi connectivity index (χ0) is 21.2. The molecule has 0 aliphatic carbocycles. The van der Waals surface area contributed by atoms with Crippen LogP contribution in [0.4, 0.5) is 0 Å². The van der Waals surface area contributed by atoms with Gasteiger partial charge in [-0.15, -0.1) is 0 Å². The first kappa shape index (κ1) is 21.3. The topological polar surface area (TPSA) is 66.9 Å². The van der Waals surface area contributed by atoms with Crippen molar-refractivity contribution in [3.63, 3.8) is 0 Å². The fourth-order valence-corrected chi connectivity index (χ4v) is 4.86. The summed E-state index contributed by atoms with van der Waals surface area (Å²) in [6.45, 7) is 8.87. The third-order valence-corrected chi connectivity index (χ3v) is 7.10. The van der Waals surface area contributed by atoms with E-state index in [1.807, 2.05) is 39.0 Å². The molecule has 1 aliphatic rings. The van der Waals surface area contributed by atoms with Crippen molar-refractivity contribution in [1.82, 2.24) is 9.21 Å². The number of carbonyl (C=O) groups is 1. The number of hydrogen-bond acceptors (Lipinski definition) is 4. The summed E-state index contributed by atoms with van der Waals surface area (Å²) in [4.78, 5) is 14.7. The van der Waals surface area contributed by atoms with E-state index >= 15 is 0 Å². The first-order valence-corrected chi connectivity index (χ1v) is 11.2. The molecule has 1 fully saturated rings. The van der Waals surface area contributed by atoms with E-state index < -0.39 is 16.1 Å². The van der Waals surface area contributed by atoms with Crippen molar-refractivity contribution in [3.05, 3.63) is 59.2 Å². The predicted molar refractivity (Wildman–Crippen MR) is 113 cm³/mol. The van der Waals surface area contributed by atoms with Gasteiger partial charge in [0, 0.05) is 26.2 Å². The van der Waals surface area contributed by atoms with Crippen LogP contribution >= 0.6 is 0 Å². The predicted octanol–water partition coefficient (Wildman–Crippen LogP) is 2.91. The number of sulfonamides is 1. The van der Waals surface area contributed by atoms with E-state index in [0.717, 1.165) is 16.7 Å². The second-order valence-corrected chi connectivity index (χ2v) is 9.51. The Morgan fingerprint density at radius 3 is 2.10 bits per heavy atom. The van der Waals surface area contributed by atoms with Gasteiger partial charge in [0.2, 0.25) is 10.0 Å². The smallest absolute Gasteiger partial charge is 0.263 e. The van der Waals surface area contributed by atoms with Crippen LogP contribution in [0.25, 0.3) is 0 Å². The minimum atomic E-state index is -3.54. The number of aryl methyl sites for hydroxylation is 3. The van der Waals surface area contributed by atoms with Crippen molar-refractivity contribution >= 4 is 15.9 Å². The molecule has 1 saturated heterocycles. The first-order valence-electron chi connectivity index (χ1n) is 9.78. The Hall–Kier alpha value is -2.38. The number of benzene rings is 2. The molecule has 0 aromatic heterocycles. The SMILES string of the molecule is Cc1ccc(S(=O)(=O)N2CCN(C(=O)[C@@H](C)Oc3ccc(C)cc3C)CC2)cc1. The number of nitrogens with zero attached hydrogens (tertiary/aromatic N) is 2. The van der Waals surface area contributed by atoms with Crippen LogP contribution < -0.4 is 4.74 Å². The summed E-state index contributed by atoms with van der Waals surface area (Å²) in [5, 5.41) is 0. The summed E-state index contributed by atoms with van der Waals surface area (Å²) in [5.74, 6) is 0.564. The highest BCUT2D eigenvalue weighted by Crippen LogP contribution is 2.22. The summed E-state index contributed by atoms with van der Waals surface area (Å²) in [5.41, 5.74) is 3.13. The van der Waals surface area contributed by atoms with Gasteiger partial charge in [0.15, 0.2) is 6.10 Å². The van der Waals surface area contributed by atoms with E-state index in [0.29, 0.717) is 18.8 Å². The van der Waals surface area contributed by atoms with Gasteiger partial charge in [-0.3, -0.25) is 4.79 Å². The average Bonchev–Trinajstić information content (AvgIpc) is 2.70. The third kappa shape index (κ3) is 4.79. The molecule has 6 nitrogen and oxygen atoms in total. The zero-order valence-electron chi connectivity index (χ0n) is 17.4. The summed E-state index contributed by atoms with van der Waals surface area (Å²) >= 11 is 0. The second kappa shape index (κ2) is 8.55. The number of hydrogen-bond donors (Lipinski definition) is 0. The molecule has 2 aromatic rings. The largest absolute Gasteiger partial charge is 0.481 e. The molecule has 7 heteroatoms. The van der Waals surface area contributed by atoms with Crippen LogP contribution in [0.5, 0.6) is 5.75 Å². The van der Waals surface area contributed by atoms with E-state index in [-0.39, 0.29) is 23.9 Å². The fraction of sp³-hybridized carbons (Fsp3) is 0.409. The van der Waals surface area contributed by atoms with Gasteiger partial charge in [0.1, 0.15) is 5.75 Å². The van der Waals surface area contributed by atoms with Crippen molar-refractivity contribution in [1.29, 1.82) is 0 Å². The molecule has 1 heterocycles. The van der Waals surface area contributed by atoms with E-state index in [4.69, 9.17) is 4.74 Å². The fourth-order valence-electron chi connectivity index (χ4n) is 3.44.